The maximum atomic E-state index is 12.2. The first-order valence-electron chi connectivity index (χ1n) is 8.46. The van der Waals surface area contributed by atoms with Crippen molar-refractivity contribution in [1.29, 1.82) is 0 Å². The van der Waals surface area contributed by atoms with Crippen molar-refractivity contribution in [2.75, 3.05) is 26.2 Å². The van der Waals surface area contributed by atoms with Crippen molar-refractivity contribution in [2.24, 2.45) is 7.05 Å². The molecule has 1 unspecified atom stereocenters. The molecular formula is C19H23N3O3. The molecule has 2 amide bonds. The summed E-state index contributed by atoms with van der Waals surface area (Å²) in [6.45, 7) is 1.62. The Balaban J connectivity index is 1.49. The third kappa shape index (κ3) is 4.48. The van der Waals surface area contributed by atoms with Crippen molar-refractivity contribution in [3.05, 3.63) is 59.9 Å². The number of carbonyl (C=O) groups excluding carboxylic acids is 2. The molecule has 2 heterocycles. The Bertz CT molecular complexity index is 727. The van der Waals surface area contributed by atoms with Crippen LogP contribution in [-0.2, 0) is 23.0 Å². The number of rotatable bonds is 6. The second-order valence-corrected chi connectivity index (χ2v) is 6.22. The molecule has 1 N–H and O–H groups in total. The Morgan fingerprint density at radius 2 is 2.04 bits per heavy atom. The smallest absolute Gasteiger partial charge is 0.267 e. The molecule has 3 rings (SSSR count). The molecule has 1 atom stereocenters. The summed E-state index contributed by atoms with van der Waals surface area (Å²) in [4.78, 5) is 26.0. The predicted octanol–water partition coefficient (Wildman–Crippen LogP) is 1.22. The highest BCUT2D eigenvalue weighted by atomic mass is 16.5. The van der Waals surface area contributed by atoms with Gasteiger partial charge in [-0.25, -0.2) is 0 Å². The van der Waals surface area contributed by atoms with Crippen molar-refractivity contribution in [3.8, 4) is 0 Å². The van der Waals surface area contributed by atoms with Gasteiger partial charge in [-0.3, -0.25) is 9.59 Å². The van der Waals surface area contributed by atoms with Crippen molar-refractivity contribution < 1.29 is 14.3 Å². The summed E-state index contributed by atoms with van der Waals surface area (Å²) in [5.41, 5.74) is 1.81. The summed E-state index contributed by atoms with van der Waals surface area (Å²) >= 11 is 0. The van der Waals surface area contributed by atoms with Crippen LogP contribution in [0, 0.1) is 0 Å². The molecule has 2 aromatic rings. The normalized spacial score (nSPS) is 17.6. The van der Waals surface area contributed by atoms with Crippen molar-refractivity contribution in [2.45, 2.75) is 12.5 Å². The van der Waals surface area contributed by atoms with Crippen molar-refractivity contribution in [3.63, 3.8) is 0 Å². The van der Waals surface area contributed by atoms with Gasteiger partial charge in [-0.2, -0.15) is 0 Å². The maximum Gasteiger partial charge on any atom is 0.267 e. The van der Waals surface area contributed by atoms with E-state index in [2.05, 4.69) is 17.4 Å². The minimum atomic E-state index is -0.183. The molecule has 0 saturated carbocycles. The molecule has 132 valence electrons. The van der Waals surface area contributed by atoms with Crippen LogP contribution in [0.4, 0.5) is 0 Å². The Labute approximate surface area is 147 Å². The second-order valence-electron chi connectivity index (χ2n) is 6.22. The fraction of sp³-hybridized carbons (Fsp3) is 0.368. The average Bonchev–Trinajstić information content (AvgIpc) is 3.06. The summed E-state index contributed by atoms with van der Waals surface area (Å²) in [6, 6.07) is 13.7. The molecule has 0 spiro atoms. The van der Waals surface area contributed by atoms with Crippen LogP contribution >= 0.6 is 0 Å². The van der Waals surface area contributed by atoms with Crippen LogP contribution in [0.2, 0.25) is 0 Å². The quantitative estimate of drug-likeness (QED) is 0.859. The van der Waals surface area contributed by atoms with E-state index in [0.29, 0.717) is 25.3 Å². The molecule has 6 nitrogen and oxygen atoms in total. The van der Waals surface area contributed by atoms with E-state index in [0.717, 1.165) is 6.42 Å². The molecule has 1 saturated heterocycles. The van der Waals surface area contributed by atoms with Gasteiger partial charge < -0.3 is 19.5 Å². The number of morpholine rings is 1. The fourth-order valence-corrected chi connectivity index (χ4v) is 2.92. The van der Waals surface area contributed by atoms with Gasteiger partial charge in [0.1, 0.15) is 12.3 Å². The van der Waals surface area contributed by atoms with Gasteiger partial charge in [0.15, 0.2) is 0 Å². The third-order valence-electron chi connectivity index (χ3n) is 4.40. The van der Waals surface area contributed by atoms with E-state index >= 15 is 0 Å². The van der Waals surface area contributed by atoms with Gasteiger partial charge in [-0.1, -0.05) is 30.3 Å². The molecule has 6 heteroatoms. The topological polar surface area (TPSA) is 63.6 Å². The van der Waals surface area contributed by atoms with E-state index in [9.17, 15) is 9.59 Å². The molecule has 1 aliphatic rings. The number of ether oxygens (including phenoxy) is 1. The number of benzene rings is 1. The molecule has 1 aliphatic heterocycles. The first kappa shape index (κ1) is 17.2. The zero-order valence-electron chi connectivity index (χ0n) is 14.4. The first-order chi connectivity index (χ1) is 12.1. The molecule has 0 bridgehead atoms. The van der Waals surface area contributed by atoms with E-state index in [1.807, 2.05) is 42.4 Å². The fourth-order valence-electron chi connectivity index (χ4n) is 2.92. The Morgan fingerprint density at radius 3 is 2.76 bits per heavy atom. The van der Waals surface area contributed by atoms with Gasteiger partial charge in [0, 0.05) is 32.9 Å². The zero-order valence-corrected chi connectivity index (χ0v) is 14.4. The number of nitrogens with zero attached hydrogens (tertiary/aromatic N) is 2. The molecule has 0 aliphatic carbocycles. The summed E-state index contributed by atoms with van der Waals surface area (Å²) in [7, 11) is 1.83. The summed E-state index contributed by atoms with van der Waals surface area (Å²) < 4.78 is 7.33. The average molecular weight is 341 g/mol. The highest BCUT2D eigenvalue weighted by Crippen LogP contribution is 2.09. The van der Waals surface area contributed by atoms with Crippen LogP contribution in [0.25, 0.3) is 0 Å². The van der Waals surface area contributed by atoms with Gasteiger partial charge in [-0.15, -0.1) is 0 Å². The monoisotopic (exact) mass is 341 g/mol. The lowest BCUT2D eigenvalue weighted by atomic mass is 10.1. The molecule has 0 radical (unpaired) electrons. The SMILES string of the molecule is Cn1cccc1C(=O)NCC1CN(CCc2ccccc2)C(=O)CO1. The van der Waals surface area contributed by atoms with Crippen LogP contribution in [0.5, 0.6) is 0 Å². The lowest BCUT2D eigenvalue weighted by molar-refractivity contribution is -0.148. The molecule has 25 heavy (non-hydrogen) atoms. The van der Waals surface area contributed by atoms with Crippen LogP contribution in [0.15, 0.2) is 48.7 Å². The lowest BCUT2D eigenvalue weighted by Gasteiger charge is -2.33. The van der Waals surface area contributed by atoms with Crippen LogP contribution in [0.1, 0.15) is 16.1 Å². The van der Waals surface area contributed by atoms with Crippen LogP contribution in [0.3, 0.4) is 0 Å². The van der Waals surface area contributed by atoms with Gasteiger partial charge >= 0.3 is 0 Å². The molecular weight excluding hydrogens is 318 g/mol. The molecule has 1 aromatic heterocycles. The summed E-state index contributed by atoms with van der Waals surface area (Å²) in [5, 5.41) is 2.88. The highest BCUT2D eigenvalue weighted by Gasteiger charge is 2.26. The second kappa shape index (κ2) is 7.98. The zero-order chi connectivity index (χ0) is 17.6. The van der Waals surface area contributed by atoms with E-state index in [1.54, 1.807) is 10.6 Å². The van der Waals surface area contributed by atoms with Crippen LogP contribution < -0.4 is 5.32 Å². The lowest BCUT2D eigenvalue weighted by Crippen LogP contribution is -2.51. The standard InChI is InChI=1S/C19H23N3O3/c1-21-10-5-8-17(21)19(24)20-12-16-13-22(18(23)14-25-16)11-9-15-6-3-2-4-7-15/h2-8,10,16H,9,11-14H2,1H3,(H,20,24). The summed E-state index contributed by atoms with van der Waals surface area (Å²) in [6.07, 6.45) is 2.46. The van der Waals surface area contributed by atoms with E-state index in [4.69, 9.17) is 4.74 Å². The third-order valence-corrected chi connectivity index (χ3v) is 4.40. The number of aryl methyl sites for hydroxylation is 1. The number of aromatic nitrogens is 1. The minimum Gasteiger partial charge on any atom is -0.365 e. The van der Waals surface area contributed by atoms with E-state index in [-0.39, 0.29) is 24.5 Å². The largest absolute Gasteiger partial charge is 0.365 e. The van der Waals surface area contributed by atoms with Crippen molar-refractivity contribution in [1.82, 2.24) is 14.8 Å². The molecule has 1 fully saturated rings. The Morgan fingerprint density at radius 1 is 1.24 bits per heavy atom. The first-order valence-corrected chi connectivity index (χ1v) is 8.46. The van der Waals surface area contributed by atoms with E-state index < -0.39 is 0 Å². The van der Waals surface area contributed by atoms with Crippen molar-refractivity contribution >= 4 is 11.8 Å². The Hall–Kier alpha value is -2.60. The predicted molar refractivity (Wildman–Crippen MR) is 94.2 cm³/mol. The van der Waals surface area contributed by atoms with Gasteiger partial charge in [0.05, 0.1) is 6.10 Å². The molecule has 1 aromatic carbocycles. The number of amides is 2. The number of nitrogens with one attached hydrogen (secondary N) is 1. The minimum absolute atomic E-state index is 0.000872. The Kier molecular flexibility index (Phi) is 5.50. The van der Waals surface area contributed by atoms with Gasteiger partial charge in [0.2, 0.25) is 5.91 Å². The van der Waals surface area contributed by atoms with Crippen LogP contribution in [-0.4, -0.2) is 53.6 Å². The van der Waals surface area contributed by atoms with E-state index in [1.165, 1.54) is 5.56 Å². The number of hydrogen-bond donors (Lipinski definition) is 1. The summed E-state index contributed by atoms with van der Waals surface area (Å²) in [5.74, 6) is -0.134. The highest BCUT2D eigenvalue weighted by molar-refractivity contribution is 5.92. The number of carbonyl (C=O) groups is 2. The maximum absolute atomic E-state index is 12.2. The van der Waals surface area contributed by atoms with Gasteiger partial charge in [0.25, 0.3) is 5.91 Å². The number of hydrogen-bond acceptors (Lipinski definition) is 3. The van der Waals surface area contributed by atoms with Gasteiger partial charge in [-0.05, 0) is 24.1 Å².